The molecule has 0 spiro atoms. The first-order valence-electron chi connectivity index (χ1n) is 11.3. The zero-order valence-electron chi connectivity index (χ0n) is 18.8. The fourth-order valence-electron chi connectivity index (χ4n) is 4.33. The number of hydrogen-bond donors (Lipinski definition) is 2. The lowest BCUT2D eigenvalue weighted by Gasteiger charge is -2.30. The first-order valence-corrected chi connectivity index (χ1v) is 14.4. The molecule has 2 N–H and O–H groups in total. The van der Waals surface area contributed by atoms with Crippen molar-refractivity contribution >= 4 is 55.6 Å². The molecule has 3 amide bonds. The normalized spacial score (nSPS) is 17.1. The second-order valence-electron chi connectivity index (χ2n) is 8.19. The zero-order valence-corrected chi connectivity index (χ0v) is 21.2. The summed E-state index contributed by atoms with van der Waals surface area (Å²) >= 11 is 2.55. The largest absolute Gasteiger partial charge is 0.450 e. The Balaban J connectivity index is 1.45. The summed E-state index contributed by atoms with van der Waals surface area (Å²) in [5, 5.41) is 7.31. The molecule has 0 unspecified atom stereocenters. The molecule has 4 rings (SSSR count). The molecule has 3 heterocycles. The number of thiophene rings is 2. The highest BCUT2D eigenvalue weighted by molar-refractivity contribution is 7.91. The summed E-state index contributed by atoms with van der Waals surface area (Å²) in [6, 6.07) is 3.29. The van der Waals surface area contributed by atoms with E-state index >= 15 is 0 Å². The Kier molecular flexibility index (Phi) is 7.70. The number of fused-ring (bicyclic) bond motifs is 1. The Morgan fingerprint density at radius 2 is 1.91 bits per heavy atom. The third-order valence-corrected chi connectivity index (χ3v) is 10.5. The third kappa shape index (κ3) is 5.19. The van der Waals surface area contributed by atoms with Crippen LogP contribution in [0.5, 0.6) is 0 Å². The average molecular weight is 526 g/mol. The van der Waals surface area contributed by atoms with Gasteiger partial charge in [-0.1, -0.05) is 6.07 Å². The molecule has 0 radical (unpaired) electrons. The standard InChI is InChI=1S/C22H27N3O6S3/c1-2-31-22(28)24-20(27)18-15-6-3-4-7-16(15)33-21(18)23-19(26)14-9-11-25(12-10-14)34(29,30)17-8-5-13-32-17/h5,8,13-14H,2-4,6-7,9-12H2,1H3,(H,23,26)(H,24,27,28). The number of sulfonamides is 1. The summed E-state index contributed by atoms with van der Waals surface area (Å²) in [7, 11) is -3.54. The number of carbonyl (C=O) groups excluding carboxylic acids is 3. The maximum absolute atomic E-state index is 13.1. The summed E-state index contributed by atoms with van der Waals surface area (Å²) in [5.74, 6) is -1.18. The summed E-state index contributed by atoms with van der Waals surface area (Å²) < 4.78 is 32.0. The summed E-state index contributed by atoms with van der Waals surface area (Å²) in [6.45, 7) is 2.31. The number of nitrogens with zero attached hydrogens (tertiary/aromatic N) is 1. The van der Waals surface area contributed by atoms with Crippen LogP contribution in [0.4, 0.5) is 9.80 Å². The molecule has 0 atom stereocenters. The van der Waals surface area contributed by atoms with Gasteiger partial charge in [-0.25, -0.2) is 13.2 Å². The highest BCUT2D eigenvalue weighted by Gasteiger charge is 2.34. The zero-order chi connectivity index (χ0) is 24.3. The molecule has 0 aromatic carbocycles. The summed E-state index contributed by atoms with van der Waals surface area (Å²) in [5.41, 5.74) is 1.21. The van der Waals surface area contributed by atoms with E-state index in [-0.39, 0.29) is 31.5 Å². The number of carbonyl (C=O) groups is 3. The van der Waals surface area contributed by atoms with Crippen molar-refractivity contribution in [2.45, 2.75) is 49.7 Å². The van der Waals surface area contributed by atoms with Gasteiger partial charge in [0.25, 0.3) is 15.9 Å². The molecule has 12 heteroatoms. The monoisotopic (exact) mass is 525 g/mol. The number of rotatable bonds is 6. The Bertz CT molecular complexity index is 1160. The molecular weight excluding hydrogens is 498 g/mol. The predicted octanol–water partition coefficient (Wildman–Crippen LogP) is 3.61. The number of hydrogen-bond acceptors (Lipinski definition) is 8. The average Bonchev–Trinajstić information content (AvgIpc) is 3.48. The van der Waals surface area contributed by atoms with Crippen molar-refractivity contribution in [1.29, 1.82) is 0 Å². The van der Waals surface area contributed by atoms with Gasteiger partial charge in [0.05, 0.1) is 12.2 Å². The molecule has 0 bridgehead atoms. The number of alkyl carbamates (subject to hydrolysis) is 1. The van der Waals surface area contributed by atoms with Gasteiger partial charge in [-0.05, 0) is 62.5 Å². The van der Waals surface area contributed by atoms with E-state index in [4.69, 9.17) is 4.74 Å². The van der Waals surface area contributed by atoms with E-state index in [0.29, 0.717) is 34.0 Å². The fraction of sp³-hybridized carbons (Fsp3) is 0.500. The van der Waals surface area contributed by atoms with E-state index in [1.807, 2.05) is 0 Å². The first-order chi connectivity index (χ1) is 16.3. The Hall–Kier alpha value is -2.28. The van der Waals surface area contributed by atoms with Crippen molar-refractivity contribution < 1.29 is 27.5 Å². The van der Waals surface area contributed by atoms with Crippen LogP contribution in [0.2, 0.25) is 0 Å². The van der Waals surface area contributed by atoms with Crippen molar-refractivity contribution in [1.82, 2.24) is 9.62 Å². The van der Waals surface area contributed by atoms with Crippen LogP contribution in [0.25, 0.3) is 0 Å². The van der Waals surface area contributed by atoms with Crippen LogP contribution in [0.1, 0.15) is 53.4 Å². The van der Waals surface area contributed by atoms with Crippen LogP contribution in [-0.2, 0) is 32.4 Å². The van der Waals surface area contributed by atoms with E-state index in [9.17, 15) is 22.8 Å². The van der Waals surface area contributed by atoms with Crippen molar-refractivity contribution in [2.24, 2.45) is 5.92 Å². The van der Waals surface area contributed by atoms with Crippen LogP contribution in [0.3, 0.4) is 0 Å². The van der Waals surface area contributed by atoms with Crippen LogP contribution < -0.4 is 10.6 Å². The lowest BCUT2D eigenvalue weighted by Crippen LogP contribution is -2.41. The molecule has 9 nitrogen and oxygen atoms in total. The maximum Gasteiger partial charge on any atom is 0.414 e. The van der Waals surface area contributed by atoms with E-state index in [2.05, 4.69) is 10.6 Å². The van der Waals surface area contributed by atoms with Crippen molar-refractivity contribution in [3.05, 3.63) is 33.5 Å². The number of imide groups is 1. The van der Waals surface area contributed by atoms with Gasteiger partial charge in [0.2, 0.25) is 5.91 Å². The van der Waals surface area contributed by atoms with Crippen LogP contribution >= 0.6 is 22.7 Å². The molecule has 2 aliphatic rings. The van der Waals surface area contributed by atoms with Crippen molar-refractivity contribution in [3.63, 3.8) is 0 Å². The van der Waals surface area contributed by atoms with E-state index in [0.717, 1.165) is 29.7 Å². The van der Waals surface area contributed by atoms with Crippen molar-refractivity contribution in [3.8, 4) is 0 Å². The van der Waals surface area contributed by atoms with Gasteiger partial charge in [0, 0.05) is 23.9 Å². The van der Waals surface area contributed by atoms with E-state index in [1.165, 1.54) is 27.0 Å². The van der Waals surface area contributed by atoms with Gasteiger partial charge in [0.15, 0.2) is 0 Å². The van der Waals surface area contributed by atoms with Gasteiger partial charge < -0.3 is 10.1 Å². The van der Waals surface area contributed by atoms with Gasteiger partial charge >= 0.3 is 6.09 Å². The molecule has 2 aromatic rings. The molecule has 1 aliphatic carbocycles. The maximum atomic E-state index is 13.1. The minimum atomic E-state index is -3.54. The number of amides is 3. The molecule has 184 valence electrons. The molecule has 34 heavy (non-hydrogen) atoms. The summed E-state index contributed by atoms with van der Waals surface area (Å²) in [4.78, 5) is 38.8. The van der Waals surface area contributed by atoms with Gasteiger partial charge in [0.1, 0.15) is 9.21 Å². The second kappa shape index (κ2) is 10.5. The van der Waals surface area contributed by atoms with E-state index < -0.39 is 22.0 Å². The second-order valence-corrected chi connectivity index (χ2v) is 12.4. The molecule has 2 aromatic heterocycles. The van der Waals surface area contributed by atoms with Crippen LogP contribution in [0.15, 0.2) is 21.7 Å². The van der Waals surface area contributed by atoms with Crippen molar-refractivity contribution in [2.75, 3.05) is 25.0 Å². The number of anilines is 1. The lowest BCUT2D eigenvalue weighted by molar-refractivity contribution is -0.120. The Morgan fingerprint density at radius 1 is 1.18 bits per heavy atom. The predicted molar refractivity (Wildman–Crippen MR) is 130 cm³/mol. The van der Waals surface area contributed by atoms with Gasteiger partial charge in [-0.2, -0.15) is 4.31 Å². The van der Waals surface area contributed by atoms with E-state index in [1.54, 1.807) is 24.4 Å². The smallest absolute Gasteiger partial charge is 0.414 e. The molecule has 1 fully saturated rings. The molecule has 1 aliphatic heterocycles. The molecular formula is C22H27N3O6S3. The van der Waals surface area contributed by atoms with Gasteiger partial charge in [-0.3, -0.25) is 14.9 Å². The third-order valence-electron chi connectivity index (χ3n) is 6.04. The highest BCUT2D eigenvalue weighted by Crippen LogP contribution is 2.39. The molecule has 1 saturated heterocycles. The minimum absolute atomic E-state index is 0.144. The quantitative estimate of drug-likeness (QED) is 0.594. The topological polar surface area (TPSA) is 122 Å². The first kappa shape index (κ1) is 24.8. The Labute approximate surface area is 206 Å². The highest BCUT2D eigenvalue weighted by atomic mass is 32.2. The van der Waals surface area contributed by atoms with Crippen LogP contribution in [0, 0.1) is 5.92 Å². The Morgan fingerprint density at radius 3 is 2.59 bits per heavy atom. The molecule has 0 saturated carbocycles. The summed E-state index contributed by atoms with van der Waals surface area (Å²) in [6.07, 6.45) is 3.46. The number of aryl methyl sites for hydroxylation is 1. The SMILES string of the molecule is CCOC(=O)NC(=O)c1c(NC(=O)C2CCN(S(=O)(=O)c3cccs3)CC2)sc2c1CCCC2. The minimum Gasteiger partial charge on any atom is -0.450 e. The lowest BCUT2D eigenvalue weighted by atomic mass is 9.94. The van der Waals surface area contributed by atoms with Crippen LogP contribution in [-0.4, -0.2) is 50.3 Å². The van der Waals surface area contributed by atoms with Gasteiger partial charge in [-0.15, -0.1) is 22.7 Å². The number of ether oxygens (including phenoxy) is 1. The fourth-order valence-corrected chi connectivity index (χ4v) is 8.23. The number of piperidine rings is 1. The number of nitrogens with one attached hydrogen (secondary N) is 2.